The summed E-state index contributed by atoms with van der Waals surface area (Å²) in [6.07, 6.45) is 0. The van der Waals surface area contributed by atoms with Gasteiger partial charge in [0.05, 0.1) is 11.3 Å². The molecule has 1 atom stereocenters. The van der Waals surface area contributed by atoms with Gasteiger partial charge in [0.2, 0.25) is 0 Å². The van der Waals surface area contributed by atoms with Crippen LogP contribution < -0.4 is 5.32 Å². The molecule has 0 aliphatic heterocycles. The molecule has 1 aromatic rings. The number of carboxylic acid groups (broad SMARTS) is 1. The summed E-state index contributed by atoms with van der Waals surface area (Å²) in [5.74, 6) is 0.138. The smallest absolute Gasteiger partial charge is 0.337 e. The van der Waals surface area contributed by atoms with Crippen molar-refractivity contribution in [3.05, 3.63) is 29.6 Å². The van der Waals surface area contributed by atoms with Gasteiger partial charge in [-0.05, 0) is 24.8 Å². The molecular formula is C12H16FNO2S. The Labute approximate surface area is 104 Å². The molecule has 94 valence electrons. The van der Waals surface area contributed by atoms with Gasteiger partial charge in [0.1, 0.15) is 5.82 Å². The topological polar surface area (TPSA) is 49.3 Å². The first-order chi connectivity index (χ1) is 8.06. The van der Waals surface area contributed by atoms with Crippen LogP contribution >= 0.6 is 11.8 Å². The third-order valence-electron chi connectivity index (χ3n) is 2.21. The molecule has 0 saturated heterocycles. The molecule has 0 radical (unpaired) electrons. The number of hydrogen-bond donors (Lipinski definition) is 2. The summed E-state index contributed by atoms with van der Waals surface area (Å²) in [6.45, 7) is 3.95. The summed E-state index contributed by atoms with van der Waals surface area (Å²) in [5, 5.41) is 11.9. The van der Waals surface area contributed by atoms with Crippen LogP contribution in [0.3, 0.4) is 0 Å². The number of anilines is 1. The summed E-state index contributed by atoms with van der Waals surface area (Å²) < 4.78 is 13.6. The lowest BCUT2D eigenvalue weighted by Crippen LogP contribution is -2.21. The maximum absolute atomic E-state index is 13.6. The molecule has 0 aliphatic rings. The van der Waals surface area contributed by atoms with Gasteiger partial charge in [0.15, 0.2) is 0 Å². The first-order valence-electron chi connectivity index (χ1n) is 5.42. The number of benzene rings is 1. The number of nitrogens with one attached hydrogen (secondary N) is 1. The number of aromatic carboxylic acids is 1. The quantitative estimate of drug-likeness (QED) is 0.822. The summed E-state index contributed by atoms with van der Waals surface area (Å²) in [7, 11) is 0. The van der Waals surface area contributed by atoms with Crippen molar-refractivity contribution < 1.29 is 14.3 Å². The molecule has 5 heteroatoms. The van der Waals surface area contributed by atoms with Crippen LogP contribution in [-0.4, -0.2) is 28.6 Å². The van der Waals surface area contributed by atoms with Gasteiger partial charge in [-0.15, -0.1) is 0 Å². The van der Waals surface area contributed by atoms with Gasteiger partial charge in [0, 0.05) is 11.8 Å². The second-order valence-corrected chi connectivity index (χ2v) is 4.99. The standard InChI is InChI=1S/C12H16FNO2S/c1-3-17-7-8(2)14-11-9(12(15)16)5-4-6-10(11)13/h4-6,8,14H,3,7H2,1-2H3,(H,15,16). The highest BCUT2D eigenvalue weighted by Crippen LogP contribution is 2.21. The van der Waals surface area contributed by atoms with Gasteiger partial charge in [0.25, 0.3) is 0 Å². The number of carboxylic acids is 1. The van der Waals surface area contributed by atoms with Crippen molar-refractivity contribution in [1.29, 1.82) is 0 Å². The van der Waals surface area contributed by atoms with Gasteiger partial charge in [-0.1, -0.05) is 13.0 Å². The lowest BCUT2D eigenvalue weighted by Gasteiger charge is -2.16. The van der Waals surface area contributed by atoms with Gasteiger partial charge in [-0.3, -0.25) is 0 Å². The van der Waals surface area contributed by atoms with Crippen molar-refractivity contribution in [2.24, 2.45) is 0 Å². The Kier molecular flexibility index (Phi) is 5.28. The highest BCUT2D eigenvalue weighted by atomic mass is 32.2. The van der Waals surface area contributed by atoms with E-state index in [0.717, 1.165) is 11.5 Å². The number of hydrogen-bond acceptors (Lipinski definition) is 3. The molecule has 3 nitrogen and oxygen atoms in total. The van der Waals surface area contributed by atoms with Crippen LogP contribution in [0.1, 0.15) is 24.2 Å². The molecule has 1 unspecified atom stereocenters. The predicted octanol–water partition coefficient (Wildman–Crippen LogP) is 3.08. The zero-order valence-corrected chi connectivity index (χ0v) is 10.7. The summed E-state index contributed by atoms with van der Waals surface area (Å²) >= 11 is 1.72. The number of halogens is 1. The average Bonchev–Trinajstić information content (AvgIpc) is 2.28. The monoisotopic (exact) mass is 257 g/mol. The van der Waals surface area contributed by atoms with E-state index < -0.39 is 11.8 Å². The van der Waals surface area contributed by atoms with Crippen LogP contribution in [0.4, 0.5) is 10.1 Å². The Balaban J connectivity index is 2.85. The molecule has 17 heavy (non-hydrogen) atoms. The van der Waals surface area contributed by atoms with Crippen molar-refractivity contribution in [3.63, 3.8) is 0 Å². The number of thioether (sulfide) groups is 1. The molecule has 0 bridgehead atoms. The van der Waals surface area contributed by atoms with Crippen LogP contribution in [0.2, 0.25) is 0 Å². The van der Waals surface area contributed by atoms with E-state index >= 15 is 0 Å². The molecular weight excluding hydrogens is 241 g/mol. The summed E-state index contributed by atoms with van der Waals surface area (Å²) in [6, 6.07) is 4.08. The molecule has 2 N–H and O–H groups in total. The van der Waals surface area contributed by atoms with Crippen LogP contribution in [0.15, 0.2) is 18.2 Å². The zero-order valence-electron chi connectivity index (χ0n) is 9.87. The maximum Gasteiger partial charge on any atom is 0.337 e. The van der Waals surface area contributed by atoms with Gasteiger partial charge < -0.3 is 10.4 Å². The molecule has 0 heterocycles. The second kappa shape index (κ2) is 6.49. The van der Waals surface area contributed by atoms with E-state index in [-0.39, 0.29) is 17.3 Å². The van der Waals surface area contributed by atoms with E-state index in [2.05, 4.69) is 5.32 Å². The molecule has 0 spiro atoms. The third kappa shape index (κ3) is 3.93. The van der Waals surface area contributed by atoms with Crippen LogP contribution in [0.5, 0.6) is 0 Å². The maximum atomic E-state index is 13.6. The van der Waals surface area contributed by atoms with Crippen LogP contribution in [0, 0.1) is 5.82 Å². The zero-order chi connectivity index (χ0) is 12.8. The minimum Gasteiger partial charge on any atom is -0.478 e. The van der Waals surface area contributed by atoms with E-state index in [4.69, 9.17) is 5.11 Å². The van der Waals surface area contributed by atoms with E-state index in [1.165, 1.54) is 18.2 Å². The largest absolute Gasteiger partial charge is 0.478 e. The van der Waals surface area contributed by atoms with Crippen molar-refractivity contribution in [3.8, 4) is 0 Å². The van der Waals surface area contributed by atoms with E-state index in [1.807, 2.05) is 13.8 Å². The van der Waals surface area contributed by atoms with Gasteiger partial charge in [-0.2, -0.15) is 11.8 Å². The minimum absolute atomic E-state index is 0.0231. The summed E-state index contributed by atoms with van der Waals surface area (Å²) in [5.41, 5.74) is 0.0440. The van der Waals surface area contributed by atoms with Crippen molar-refractivity contribution in [1.82, 2.24) is 0 Å². The molecule has 0 aromatic heterocycles. The summed E-state index contributed by atoms with van der Waals surface area (Å²) in [4.78, 5) is 11.0. The lowest BCUT2D eigenvalue weighted by molar-refractivity contribution is 0.0697. The van der Waals surface area contributed by atoms with E-state index in [1.54, 1.807) is 11.8 Å². The molecule has 0 amide bonds. The molecule has 0 saturated carbocycles. The second-order valence-electron chi connectivity index (χ2n) is 3.67. The fourth-order valence-corrected chi connectivity index (χ4v) is 2.10. The van der Waals surface area contributed by atoms with Gasteiger partial charge in [-0.25, -0.2) is 9.18 Å². The highest BCUT2D eigenvalue weighted by molar-refractivity contribution is 7.99. The first-order valence-corrected chi connectivity index (χ1v) is 6.57. The first kappa shape index (κ1) is 13.8. The molecule has 0 aliphatic carbocycles. The lowest BCUT2D eigenvalue weighted by atomic mass is 10.1. The Bertz CT molecular complexity index is 398. The fraction of sp³-hybridized carbons (Fsp3) is 0.417. The number of para-hydroxylation sites is 1. The minimum atomic E-state index is -1.12. The Hall–Kier alpha value is -1.23. The fourth-order valence-electron chi connectivity index (χ4n) is 1.43. The SMILES string of the molecule is CCSCC(C)Nc1c(F)cccc1C(=O)O. The van der Waals surface area contributed by atoms with Crippen molar-refractivity contribution >= 4 is 23.4 Å². The normalized spacial score (nSPS) is 12.2. The van der Waals surface area contributed by atoms with Crippen LogP contribution in [0.25, 0.3) is 0 Å². The predicted molar refractivity (Wildman–Crippen MR) is 69.4 cm³/mol. The number of carbonyl (C=O) groups is 1. The van der Waals surface area contributed by atoms with E-state index in [0.29, 0.717) is 0 Å². The van der Waals surface area contributed by atoms with Crippen LogP contribution in [-0.2, 0) is 0 Å². The molecule has 1 aromatic carbocycles. The molecule has 0 fully saturated rings. The Morgan fingerprint density at radius 1 is 1.59 bits per heavy atom. The van der Waals surface area contributed by atoms with Gasteiger partial charge >= 0.3 is 5.97 Å². The Morgan fingerprint density at radius 2 is 2.29 bits per heavy atom. The average molecular weight is 257 g/mol. The number of rotatable bonds is 6. The third-order valence-corrected chi connectivity index (χ3v) is 3.35. The van der Waals surface area contributed by atoms with E-state index in [9.17, 15) is 9.18 Å². The highest BCUT2D eigenvalue weighted by Gasteiger charge is 2.15. The Morgan fingerprint density at radius 3 is 2.88 bits per heavy atom. The molecule has 1 rings (SSSR count). The van der Waals surface area contributed by atoms with Crippen molar-refractivity contribution in [2.45, 2.75) is 19.9 Å². The van der Waals surface area contributed by atoms with Crippen molar-refractivity contribution in [2.75, 3.05) is 16.8 Å².